The number of amides is 2. The van der Waals surface area contributed by atoms with Crippen LogP contribution in [0, 0.1) is 0 Å². The molecule has 2 amide bonds. The van der Waals surface area contributed by atoms with E-state index in [9.17, 15) is 14.7 Å². The maximum Gasteiger partial charge on any atom is 0.336 e. The van der Waals surface area contributed by atoms with Gasteiger partial charge < -0.3 is 15.3 Å². The van der Waals surface area contributed by atoms with Gasteiger partial charge in [0.05, 0.1) is 17.8 Å². The summed E-state index contributed by atoms with van der Waals surface area (Å²) in [4.78, 5) is 28.1. The number of hydrogen-bond donors (Lipinski definition) is 2. The van der Waals surface area contributed by atoms with Crippen molar-refractivity contribution in [3.8, 4) is 11.6 Å². The van der Waals surface area contributed by atoms with Crippen molar-refractivity contribution < 1.29 is 9.90 Å². The maximum absolute atomic E-state index is 13.4. The standard InChI is InChI=1S/C24H18Cl2N4O3/c25-14-8-15(26)10-16(9-14)27-23(32)28-12-17-11-20(28)21-22(31)30(24(33)29(17)21)19-7-3-5-13-4-1-2-6-18(13)19/h1-10,17,20,31H,11-12H2,(H,27,32)/t17-,20?/m1/s1. The van der Waals surface area contributed by atoms with Crippen LogP contribution in [0.3, 0.4) is 0 Å². The van der Waals surface area contributed by atoms with Gasteiger partial charge in [0.1, 0.15) is 5.69 Å². The first-order chi connectivity index (χ1) is 15.9. The lowest BCUT2D eigenvalue weighted by atomic mass is 10.1. The van der Waals surface area contributed by atoms with Crippen LogP contribution in [0.15, 0.2) is 65.5 Å². The summed E-state index contributed by atoms with van der Waals surface area (Å²) < 4.78 is 2.97. The summed E-state index contributed by atoms with van der Waals surface area (Å²) >= 11 is 12.1. The molecule has 33 heavy (non-hydrogen) atoms. The number of rotatable bonds is 2. The SMILES string of the molecule is O=C(Nc1cc(Cl)cc(Cl)c1)N1C[C@H]2CC1c1c(O)n(-c3cccc4ccccc34)c(=O)n12. The normalized spacial score (nSPS) is 18.7. The van der Waals surface area contributed by atoms with Gasteiger partial charge in [-0.3, -0.25) is 4.57 Å². The van der Waals surface area contributed by atoms with Crippen LogP contribution in [0.25, 0.3) is 16.5 Å². The average Bonchev–Trinajstić information content (AvgIpc) is 3.44. The number of benzene rings is 3. The molecule has 2 aliphatic rings. The van der Waals surface area contributed by atoms with Gasteiger partial charge in [-0.15, -0.1) is 0 Å². The van der Waals surface area contributed by atoms with Crippen molar-refractivity contribution in [3.05, 3.63) is 86.9 Å². The third-order valence-corrected chi connectivity index (χ3v) is 6.88. The number of imidazole rings is 1. The zero-order valence-corrected chi connectivity index (χ0v) is 18.7. The Hall–Kier alpha value is -3.42. The predicted molar refractivity (Wildman–Crippen MR) is 128 cm³/mol. The molecule has 4 aromatic rings. The number of aromatic hydroxyl groups is 1. The topological polar surface area (TPSA) is 79.5 Å². The Kier molecular flexibility index (Phi) is 4.47. The number of carbonyl (C=O) groups excluding carboxylic acids is 1. The minimum atomic E-state index is -0.409. The number of aromatic nitrogens is 2. The largest absolute Gasteiger partial charge is 0.493 e. The van der Waals surface area contributed by atoms with E-state index in [-0.39, 0.29) is 23.6 Å². The molecular formula is C24H18Cl2N4O3. The van der Waals surface area contributed by atoms with Gasteiger partial charge >= 0.3 is 11.7 Å². The van der Waals surface area contributed by atoms with Crippen LogP contribution >= 0.6 is 23.2 Å². The van der Waals surface area contributed by atoms with E-state index in [1.54, 1.807) is 27.7 Å². The van der Waals surface area contributed by atoms with Gasteiger partial charge in [-0.05, 0) is 36.1 Å². The molecule has 9 heteroatoms. The molecule has 0 aliphatic carbocycles. The van der Waals surface area contributed by atoms with Crippen molar-refractivity contribution >= 4 is 45.7 Å². The summed E-state index contributed by atoms with van der Waals surface area (Å²) in [7, 11) is 0. The molecule has 2 bridgehead atoms. The van der Waals surface area contributed by atoms with Gasteiger partial charge in [0, 0.05) is 27.7 Å². The van der Waals surface area contributed by atoms with Crippen molar-refractivity contribution in [1.29, 1.82) is 0 Å². The number of likely N-dealkylation sites (tertiary alicyclic amines) is 1. The van der Waals surface area contributed by atoms with Crippen molar-refractivity contribution in [2.24, 2.45) is 0 Å². The molecule has 6 rings (SSSR count). The van der Waals surface area contributed by atoms with Gasteiger partial charge in [0.2, 0.25) is 5.88 Å². The molecule has 1 saturated heterocycles. The number of fused-ring (bicyclic) bond motifs is 6. The van der Waals surface area contributed by atoms with Crippen molar-refractivity contribution in [2.75, 3.05) is 11.9 Å². The molecule has 0 radical (unpaired) electrons. The van der Waals surface area contributed by atoms with E-state index < -0.39 is 6.04 Å². The molecule has 3 aromatic carbocycles. The van der Waals surface area contributed by atoms with Gasteiger partial charge in [-0.25, -0.2) is 14.2 Å². The zero-order chi connectivity index (χ0) is 22.9. The second kappa shape index (κ2) is 7.30. The zero-order valence-electron chi connectivity index (χ0n) is 17.2. The Balaban J connectivity index is 1.39. The molecule has 1 fully saturated rings. The summed E-state index contributed by atoms with van der Waals surface area (Å²) in [6.45, 7) is 0.372. The molecule has 0 saturated carbocycles. The predicted octanol–water partition coefficient (Wildman–Crippen LogP) is 5.34. The molecular weight excluding hydrogens is 463 g/mol. The van der Waals surface area contributed by atoms with E-state index in [1.807, 2.05) is 42.5 Å². The fourth-order valence-corrected chi connectivity index (χ4v) is 5.64. The number of nitrogens with zero attached hydrogens (tertiary/aromatic N) is 3. The smallest absolute Gasteiger partial charge is 0.336 e. The third kappa shape index (κ3) is 3.03. The summed E-state index contributed by atoms with van der Waals surface area (Å²) in [6.07, 6.45) is 0.582. The van der Waals surface area contributed by atoms with Gasteiger partial charge in [0.25, 0.3) is 0 Å². The third-order valence-electron chi connectivity index (χ3n) is 6.44. The fraction of sp³-hybridized carbons (Fsp3) is 0.167. The highest BCUT2D eigenvalue weighted by Crippen LogP contribution is 2.49. The molecule has 3 heterocycles. The van der Waals surface area contributed by atoms with Crippen LogP contribution in [-0.4, -0.2) is 31.7 Å². The highest BCUT2D eigenvalue weighted by Gasteiger charge is 2.49. The van der Waals surface area contributed by atoms with Crippen LogP contribution in [0.1, 0.15) is 24.2 Å². The molecule has 1 unspecified atom stereocenters. The monoisotopic (exact) mass is 480 g/mol. The van der Waals surface area contributed by atoms with E-state index in [2.05, 4.69) is 5.32 Å². The number of halogens is 2. The lowest BCUT2D eigenvalue weighted by Gasteiger charge is -2.27. The van der Waals surface area contributed by atoms with Crippen LogP contribution in [-0.2, 0) is 0 Å². The van der Waals surface area contributed by atoms with Crippen molar-refractivity contribution in [3.63, 3.8) is 0 Å². The quantitative estimate of drug-likeness (QED) is 0.406. The second-order valence-electron chi connectivity index (χ2n) is 8.34. The molecule has 0 spiro atoms. The Morgan fingerprint density at radius 3 is 2.55 bits per heavy atom. The maximum atomic E-state index is 13.4. The summed E-state index contributed by atoms with van der Waals surface area (Å²) in [5, 5.41) is 16.7. The Morgan fingerprint density at radius 1 is 1.03 bits per heavy atom. The lowest BCUT2D eigenvalue weighted by molar-refractivity contribution is 0.198. The Morgan fingerprint density at radius 2 is 1.76 bits per heavy atom. The number of anilines is 1. The number of carbonyl (C=O) groups is 1. The number of urea groups is 1. The lowest BCUT2D eigenvalue weighted by Crippen LogP contribution is -2.40. The van der Waals surface area contributed by atoms with Crippen LogP contribution in [0.5, 0.6) is 5.88 Å². The van der Waals surface area contributed by atoms with E-state index in [0.29, 0.717) is 40.1 Å². The van der Waals surface area contributed by atoms with Gasteiger partial charge in [0.15, 0.2) is 0 Å². The van der Waals surface area contributed by atoms with E-state index >= 15 is 0 Å². The minimum absolute atomic E-state index is 0.132. The second-order valence-corrected chi connectivity index (χ2v) is 9.21. The van der Waals surface area contributed by atoms with E-state index in [0.717, 1.165) is 10.8 Å². The van der Waals surface area contributed by atoms with Crippen LogP contribution in [0.4, 0.5) is 10.5 Å². The van der Waals surface area contributed by atoms with Crippen LogP contribution in [0.2, 0.25) is 10.0 Å². The molecule has 7 nitrogen and oxygen atoms in total. The molecule has 2 aliphatic heterocycles. The van der Waals surface area contributed by atoms with Crippen LogP contribution < -0.4 is 11.0 Å². The summed E-state index contributed by atoms with van der Waals surface area (Å²) in [5.41, 5.74) is 1.26. The van der Waals surface area contributed by atoms with Gasteiger partial charge in [-0.1, -0.05) is 59.6 Å². The fourth-order valence-electron chi connectivity index (χ4n) is 5.11. The summed E-state index contributed by atoms with van der Waals surface area (Å²) in [5.74, 6) is -0.132. The minimum Gasteiger partial charge on any atom is -0.493 e. The first kappa shape index (κ1) is 20.2. The molecule has 1 aromatic heterocycles. The molecule has 2 N–H and O–H groups in total. The van der Waals surface area contributed by atoms with Gasteiger partial charge in [-0.2, -0.15) is 0 Å². The summed E-state index contributed by atoms with van der Waals surface area (Å²) in [6, 6.07) is 17.2. The Bertz CT molecular complexity index is 1480. The number of nitrogens with one attached hydrogen (secondary N) is 1. The molecule has 2 atom stereocenters. The first-order valence-electron chi connectivity index (χ1n) is 10.5. The highest BCUT2D eigenvalue weighted by atomic mass is 35.5. The molecule has 166 valence electrons. The Labute approximate surface area is 198 Å². The van der Waals surface area contributed by atoms with Crippen molar-refractivity contribution in [1.82, 2.24) is 14.0 Å². The van der Waals surface area contributed by atoms with E-state index in [1.165, 1.54) is 4.57 Å². The average molecular weight is 481 g/mol. The van der Waals surface area contributed by atoms with Crippen molar-refractivity contribution in [2.45, 2.75) is 18.5 Å². The highest BCUT2D eigenvalue weighted by molar-refractivity contribution is 6.35. The number of hydrogen-bond acceptors (Lipinski definition) is 3. The van der Waals surface area contributed by atoms with E-state index in [4.69, 9.17) is 23.2 Å². The first-order valence-corrected chi connectivity index (χ1v) is 11.3.